The number of rotatable bonds is 10. The molecule has 0 amide bonds. The average molecular weight is 446 g/mol. The fourth-order valence-corrected chi connectivity index (χ4v) is 3.08. The summed E-state index contributed by atoms with van der Waals surface area (Å²) in [6.45, 7) is 1.85. The van der Waals surface area contributed by atoms with Crippen LogP contribution in [0.4, 0.5) is 0 Å². The van der Waals surface area contributed by atoms with E-state index in [1.54, 1.807) is 19.1 Å². The van der Waals surface area contributed by atoms with E-state index in [0.717, 1.165) is 0 Å². The van der Waals surface area contributed by atoms with Gasteiger partial charge < -0.3 is 33.5 Å². The summed E-state index contributed by atoms with van der Waals surface area (Å²) >= 11 is 0. The molecular weight excluding hydrogens is 420 g/mol. The Bertz CT molecular complexity index is 1020. The van der Waals surface area contributed by atoms with Crippen molar-refractivity contribution in [1.29, 1.82) is 0 Å². The highest BCUT2D eigenvalue weighted by atomic mass is 16.6. The Kier molecular flexibility index (Phi) is 8.70. The molecule has 0 radical (unpaired) electrons. The molecule has 1 heterocycles. The second-order valence-corrected chi connectivity index (χ2v) is 6.08. The van der Waals surface area contributed by atoms with E-state index < -0.39 is 11.9 Å². The Balaban J connectivity index is 2.93. The van der Waals surface area contributed by atoms with Crippen LogP contribution in [0.25, 0.3) is 17.2 Å². The SMILES string of the molecule is CCOC(=O)c1[nH]c(/C=N/OC)c(-c2ccc(OC)c(OC)c2OC)c1C=CC(=O)OC. The van der Waals surface area contributed by atoms with Crippen LogP contribution in [-0.4, -0.2) is 65.3 Å². The lowest BCUT2D eigenvalue weighted by atomic mass is 9.98. The van der Waals surface area contributed by atoms with Crippen molar-refractivity contribution in [1.82, 2.24) is 4.98 Å². The lowest BCUT2D eigenvalue weighted by Gasteiger charge is -2.16. The monoisotopic (exact) mass is 446 g/mol. The van der Waals surface area contributed by atoms with E-state index in [-0.39, 0.29) is 12.3 Å². The highest BCUT2D eigenvalue weighted by Gasteiger charge is 2.27. The number of esters is 2. The first-order chi connectivity index (χ1) is 15.5. The van der Waals surface area contributed by atoms with Gasteiger partial charge in [-0.3, -0.25) is 0 Å². The lowest BCUT2D eigenvalue weighted by Crippen LogP contribution is -2.07. The highest BCUT2D eigenvalue weighted by molar-refractivity contribution is 6.04. The summed E-state index contributed by atoms with van der Waals surface area (Å²) in [5, 5.41) is 3.81. The van der Waals surface area contributed by atoms with Gasteiger partial charge >= 0.3 is 11.9 Å². The van der Waals surface area contributed by atoms with Crippen molar-refractivity contribution in [3.63, 3.8) is 0 Å². The lowest BCUT2D eigenvalue weighted by molar-refractivity contribution is -0.134. The number of benzene rings is 1. The van der Waals surface area contributed by atoms with E-state index in [4.69, 9.17) is 23.8 Å². The van der Waals surface area contributed by atoms with Crippen molar-refractivity contribution in [3.05, 3.63) is 35.2 Å². The van der Waals surface area contributed by atoms with Crippen molar-refractivity contribution in [2.24, 2.45) is 5.16 Å². The van der Waals surface area contributed by atoms with Crippen LogP contribution in [0.5, 0.6) is 17.2 Å². The van der Waals surface area contributed by atoms with Crippen molar-refractivity contribution < 1.29 is 38.1 Å². The minimum Gasteiger partial charge on any atom is -0.493 e. The van der Waals surface area contributed by atoms with Gasteiger partial charge in [-0.1, -0.05) is 5.16 Å². The minimum atomic E-state index is -0.616. The summed E-state index contributed by atoms with van der Waals surface area (Å²) in [6.07, 6.45) is 4.04. The second kappa shape index (κ2) is 11.4. The van der Waals surface area contributed by atoms with Crippen molar-refractivity contribution >= 4 is 24.2 Å². The number of aromatic amines is 1. The molecule has 10 heteroatoms. The first-order valence-electron chi connectivity index (χ1n) is 9.52. The van der Waals surface area contributed by atoms with Crippen LogP contribution in [0.3, 0.4) is 0 Å². The third-order valence-electron chi connectivity index (χ3n) is 4.40. The molecule has 0 aliphatic heterocycles. The zero-order valence-corrected chi connectivity index (χ0v) is 18.8. The van der Waals surface area contributed by atoms with Crippen molar-refractivity contribution in [2.45, 2.75) is 6.92 Å². The minimum absolute atomic E-state index is 0.108. The number of H-pyrrole nitrogens is 1. The van der Waals surface area contributed by atoms with Gasteiger partial charge in [-0.2, -0.15) is 0 Å². The van der Waals surface area contributed by atoms with Crippen LogP contribution >= 0.6 is 0 Å². The molecule has 10 nitrogen and oxygen atoms in total. The molecule has 0 spiro atoms. The molecule has 172 valence electrons. The van der Waals surface area contributed by atoms with E-state index >= 15 is 0 Å². The fourth-order valence-electron chi connectivity index (χ4n) is 3.08. The molecule has 0 fully saturated rings. The number of nitrogens with one attached hydrogen (secondary N) is 1. The maximum absolute atomic E-state index is 12.7. The molecule has 32 heavy (non-hydrogen) atoms. The van der Waals surface area contributed by atoms with Crippen LogP contribution in [-0.2, 0) is 19.1 Å². The van der Waals surface area contributed by atoms with Gasteiger partial charge in [-0.15, -0.1) is 0 Å². The number of nitrogens with zero attached hydrogens (tertiary/aromatic N) is 1. The summed E-state index contributed by atoms with van der Waals surface area (Å²) in [6, 6.07) is 3.43. The largest absolute Gasteiger partial charge is 0.493 e. The number of hydrogen-bond donors (Lipinski definition) is 1. The molecule has 0 bridgehead atoms. The van der Waals surface area contributed by atoms with Crippen molar-refractivity contribution in [3.8, 4) is 28.4 Å². The molecule has 0 saturated heterocycles. The Hall–Kier alpha value is -3.95. The zero-order chi connectivity index (χ0) is 23.7. The van der Waals surface area contributed by atoms with Crippen molar-refractivity contribution in [2.75, 3.05) is 42.2 Å². The number of aromatic nitrogens is 1. The van der Waals surface area contributed by atoms with E-state index in [0.29, 0.717) is 39.6 Å². The van der Waals surface area contributed by atoms with E-state index in [1.807, 2.05) is 0 Å². The molecule has 2 rings (SSSR count). The summed E-state index contributed by atoms with van der Waals surface area (Å²) in [7, 11) is 7.11. The number of ether oxygens (including phenoxy) is 5. The molecule has 1 N–H and O–H groups in total. The molecule has 2 aromatic rings. The maximum Gasteiger partial charge on any atom is 0.355 e. The predicted octanol–water partition coefficient (Wildman–Crippen LogP) is 3.05. The Morgan fingerprint density at radius 2 is 1.75 bits per heavy atom. The molecular formula is C22H26N2O8. The van der Waals surface area contributed by atoms with Gasteiger partial charge in [0.25, 0.3) is 0 Å². The number of carbonyl (C=O) groups excluding carboxylic acids is 2. The molecule has 0 aliphatic rings. The van der Waals surface area contributed by atoms with Crippen LogP contribution in [0, 0.1) is 0 Å². The molecule has 0 atom stereocenters. The Morgan fingerprint density at radius 3 is 2.31 bits per heavy atom. The van der Waals surface area contributed by atoms with Gasteiger partial charge in [0.1, 0.15) is 12.8 Å². The summed E-state index contributed by atoms with van der Waals surface area (Å²) in [4.78, 5) is 32.3. The summed E-state index contributed by atoms with van der Waals surface area (Å²) < 4.78 is 26.3. The normalized spacial score (nSPS) is 10.9. The third-order valence-corrected chi connectivity index (χ3v) is 4.40. The van der Waals surface area contributed by atoms with Gasteiger partial charge in [-0.25, -0.2) is 9.59 Å². The standard InChI is InChI=1S/C22H26N2O8/c1-7-32-22(26)19-13(9-11-17(25)28-3)18(15(24-19)12-23-31-6)14-8-10-16(27-2)21(30-5)20(14)29-4/h8-12,24H,7H2,1-6H3/b11-9?,23-12+. The average Bonchev–Trinajstić information content (AvgIpc) is 3.18. The van der Waals surface area contributed by atoms with Crippen LogP contribution in [0.1, 0.15) is 28.7 Å². The maximum atomic E-state index is 12.7. The first kappa shape index (κ1) is 24.3. The Labute approximate surface area is 185 Å². The molecule has 0 aliphatic carbocycles. The van der Waals surface area contributed by atoms with Gasteiger partial charge in [0.15, 0.2) is 11.5 Å². The number of hydrogen-bond acceptors (Lipinski definition) is 9. The van der Waals surface area contributed by atoms with Gasteiger partial charge in [-0.05, 0) is 25.1 Å². The summed E-state index contributed by atoms with van der Waals surface area (Å²) in [5.41, 5.74) is 1.91. The highest BCUT2D eigenvalue weighted by Crippen LogP contribution is 2.46. The third kappa shape index (κ3) is 5.02. The van der Waals surface area contributed by atoms with Gasteiger partial charge in [0.2, 0.25) is 5.75 Å². The predicted molar refractivity (Wildman–Crippen MR) is 117 cm³/mol. The molecule has 1 aromatic heterocycles. The van der Waals surface area contributed by atoms with Crippen LogP contribution in [0.2, 0.25) is 0 Å². The van der Waals surface area contributed by atoms with Crippen LogP contribution < -0.4 is 14.2 Å². The first-order valence-corrected chi connectivity index (χ1v) is 9.52. The second-order valence-electron chi connectivity index (χ2n) is 6.08. The fraction of sp³-hybridized carbons (Fsp3) is 0.318. The number of oxime groups is 1. The molecule has 1 aromatic carbocycles. The topological polar surface area (TPSA) is 118 Å². The van der Waals surface area contributed by atoms with Gasteiger partial charge in [0, 0.05) is 22.8 Å². The van der Waals surface area contributed by atoms with E-state index in [2.05, 4.69) is 14.9 Å². The number of carbonyl (C=O) groups is 2. The molecule has 0 saturated carbocycles. The smallest absolute Gasteiger partial charge is 0.355 e. The van der Waals surface area contributed by atoms with E-state index in [1.165, 1.54) is 53.9 Å². The Morgan fingerprint density at radius 1 is 1.03 bits per heavy atom. The van der Waals surface area contributed by atoms with Gasteiger partial charge in [0.05, 0.1) is 47.0 Å². The number of methoxy groups -OCH3 is 4. The van der Waals surface area contributed by atoms with E-state index in [9.17, 15) is 9.59 Å². The van der Waals surface area contributed by atoms with Crippen LogP contribution in [0.15, 0.2) is 23.4 Å². The molecule has 0 unspecified atom stereocenters. The summed E-state index contributed by atoms with van der Waals surface area (Å²) in [5.74, 6) is -0.0638. The zero-order valence-electron chi connectivity index (χ0n) is 18.8. The quantitative estimate of drug-likeness (QED) is 0.256.